The molecule has 6 rings (SSSR count). The van der Waals surface area contributed by atoms with Crippen LogP contribution in [0.5, 0.6) is 11.5 Å². The molecular formula is C23H14FN7O2. The van der Waals surface area contributed by atoms with Gasteiger partial charge in [0.15, 0.2) is 11.5 Å². The number of aromatic hydroxyl groups is 2. The summed E-state index contributed by atoms with van der Waals surface area (Å²) in [5.41, 5.74) is 4.58. The van der Waals surface area contributed by atoms with Crippen molar-refractivity contribution in [3.63, 3.8) is 0 Å². The molecule has 5 heterocycles. The predicted molar refractivity (Wildman–Crippen MR) is 119 cm³/mol. The molecule has 0 fully saturated rings. The Balaban J connectivity index is 1.51. The van der Waals surface area contributed by atoms with E-state index in [1.165, 1.54) is 18.3 Å². The van der Waals surface area contributed by atoms with E-state index < -0.39 is 5.82 Å². The van der Waals surface area contributed by atoms with Crippen molar-refractivity contribution in [1.82, 2.24) is 35.1 Å². The van der Waals surface area contributed by atoms with Gasteiger partial charge < -0.3 is 15.2 Å². The highest BCUT2D eigenvalue weighted by Crippen LogP contribution is 2.33. The Morgan fingerprint density at radius 2 is 1.67 bits per heavy atom. The number of hydrogen-bond donors (Lipinski definition) is 4. The van der Waals surface area contributed by atoms with Crippen LogP contribution in [0.4, 0.5) is 4.39 Å². The van der Waals surface area contributed by atoms with Crippen LogP contribution in [0.3, 0.4) is 0 Å². The van der Waals surface area contributed by atoms with Crippen LogP contribution in [-0.2, 0) is 0 Å². The van der Waals surface area contributed by atoms with Gasteiger partial charge in [0, 0.05) is 41.3 Å². The van der Waals surface area contributed by atoms with E-state index in [9.17, 15) is 14.6 Å². The molecule has 1 aromatic carbocycles. The number of phenols is 1. The lowest BCUT2D eigenvalue weighted by molar-refractivity contribution is 0.469. The average molecular weight is 439 g/mol. The van der Waals surface area contributed by atoms with Gasteiger partial charge in [0.1, 0.15) is 28.5 Å². The van der Waals surface area contributed by atoms with E-state index in [2.05, 4.69) is 35.1 Å². The number of H-pyrrole nitrogens is 2. The number of halogens is 1. The molecule has 0 spiro atoms. The summed E-state index contributed by atoms with van der Waals surface area (Å²) in [5.74, 6) is -0.240. The van der Waals surface area contributed by atoms with E-state index in [0.717, 1.165) is 11.6 Å². The second-order valence-electron chi connectivity index (χ2n) is 7.46. The zero-order valence-electron chi connectivity index (χ0n) is 16.8. The molecule has 33 heavy (non-hydrogen) atoms. The first-order chi connectivity index (χ1) is 16.0. The Morgan fingerprint density at radius 3 is 2.52 bits per heavy atom. The van der Waals surface area contributed by atoms with Gasteiger partial charge in [-0.15, -0.1) is 0 Å². The Morgan fingerprint density at radius 1 is 0.818 bits per heavy atom. The van der Waals surface area contributed by atoms with E-state index in [-0.39, 0.29) is 11.5 Å². The number of fused-ring (bicyclic) bond motifs is 2. The second-order valence-corrected chi connectivity index (χ2v) is 7.46. The molecule has 0 atom stereocenters. The number of benzene rings is 1. The maximum absolute atomic E-state index is 13.9. The van der Waals surface area contributed by atoms with Gasteiger partial charge in [0.05, 0.1) is 22.8 Å². The van der Waals surface area contributed by atoms with E-state index >= 15 is 0 Å². The monoisotopic (exact) mass is 439 g/mol. The fraction of sp³-hybridized carbons (Fsp3) is 0. The van der Waals surface area contributed by atoms with E-state index in [0.29, 0.717) is 50.4 Å². The molecular weight excluding hydrogens is 425 g/mol. The Kier molecular flexibility index (Phi) is 4.06. The average Bonchev–Trinajstić information content (AvgIpc) is 3.41. The van der Waals surface area contributed by atoms with Gasteiger partial charge in [-0.2, -0.15) is 5.10 Å². The minimum Gasteiger partial charge on any atom is -0.508 e. The summed E-state index contributed by atoms with van der Waals surface area (Å²) in [5, 5.41) is 27.5. The van der Waals surface area contributed by atoms with Crippen molar-refractivity contribution in [3.05, 3.63) is 67.0 Å². The fourth-order valence-electron chi connectivity index (χ4n) is 3.80. The van der Waals surface area contributed by atoms with Crippen molar-refractivity contribution in [1.29, 1.82) is 0 Å². The van der Waals surface area contributed by atoms with Crippen molar-refractivity contribution < 1.29 is 14.6 Å². The highest BCUT2D eigenvalue weighted by Gasteiger charge is 2.17. The fourth-order valence-corrected chi connectivity index (χ4v) is 3.80. The number of aromatic amines is 2. The zero-order chi connectivity index (χ0) is 22.5. The molecule has 0 radical (unpaired) electrons. The number of phenolic OH excluding ortho intramolecular Hbond substituents is 1. The normalized spacial score (nSPS) is 11.4. The predicted octanol–water partition coefficient (Wildman–Crippen LogP) is 4.18. The van der Waals surface area contributed by atoms with Gasteiger partial charge in [-0.3, -0.25) is 15.1 Å². The van der Waals surface area contributed by atoms with Crippen molar-refractivity contribution >= 4 is 22.1 Å². The molecule has 0 unspecified atom stereocenters. The topological polar surface area (TPSA) is 136 Å². The van der Waals surface area contributed by atoms with Crippen molar-refractivity contribution in [3.8, 4) is 45.4 Å². The molecule has 0 saturated carbocycles. The van der Waals surface area contributed by atoms with E-state index in [1.807, 2.05) is 6.07 Å². The third kappa shape index (κ3) is 3.21. The zero-order valence-corrected chi connectivity index (χ0v) is 16.8. The molecule has 160 valence electrons. The summed E-state index contributed by atoms with van der Waals surface area (Å²) >= 11 is 0. The molecule has 9 nitrogen and oxygen atoms in total. The smallest absolute Gasteiger partial charge is 0.159 e. The first-order valence-corrected chi connectivity index (χ1v) is 9.89. The Labute approximate surface area is 184 Å². The molecule has 0 bridgehead atoms. The lowest BCUT2D eigenvalue weighted by Crippen LogP contribution is -1.87. The van der Waals surface area contributed by atoms with Crippen molar-refractivity contribution in [2.45, 2.75) is 0 Å². The number of hydrogen-bond acceptors (Lipinski definition) is 7. The number of imidazole rings is 1. The quantitative estimate of drug-likeness (QED) is 0.325. The molecule has 5 aromatic heterocycles. The maximum atomic E-state index is 13.9. The standard InChI is InChI=1S/C23H14FN7O2/c24-14-3-11(4-15(32)7-14)19-21-18(1-2-26-19)28-23(29-21)20-17-6-13(9-27-22(17)31-30-20)12-5-16(33)10-25-8-12/h1-10,32-33H,(H,28,29)(H,27,30,31). The SMILES string of the molecule is Oc1cncc(-c2cnc3[nH]nc(-c4nc5c(-c6cc(O)cc(F)c6)nccc5[nH]4)c3c2)c1. The summed E-state index contributed by atoms with van der Waals surface area (Å²) < 4.78 is 13.9. The first kappa shape index (κ1) is 18.9. The number of aromatic nitrogens is 7. The third-order valence-electron chi connectivity index (χ3n) is 5.25. The molecule has 0 amide bonds. The van der Waals surface area contributed by atoms with Gasteiger partial charge in [-0.05, 0) is 30.3 Å². The highest BCUT2D eigenvalue weighted by molar-refractivity contribution is 5.96. The second kappa shape index (κ2) is 7.09. The molecule has 10 heteroatoms. The summed E-state index contributed by atoms with van der Waals surface area (Å²) in [6.45, 7) is 0. The lowest BCUT2D eigenvalue weighted by Gasteiger charge is -2.03. The van der Waals surface area contributed by atoms with Crippen LogP contribution in [0.15, 0.2) is 61.2 Å². The first-order valence-electron chi connectivity index (χ1n) is 9.89. The summed E-state index contributed by atoms with van der Waals surface area (Å²) in [6, 6.07) is 8.99. The van der Waals surface area contributed by atoms with Gasteiger partial charge in [-0.1, -0.05) is 0 Å². The van der Waals surface area contributed by atoms with Crippen LogP contribution in [0.25, 0.3) is 56.0 Å². The van der Waals surface area contributed by atoms with E-state index in [1.54, 1.807) is 30.7 Å². The molecule has 6 aromatic rings. The molecule has 0 aliphatic carbocycles. The molecule has 0 aliphatic rings. The number of nitrogens with one attached hydrogen (secondary N) is 2. The largest absolute Gasteiger partial charge is 0.508 e. The summed E-state index contributed by atoms with van der Waals surface area (Å²) in [7, 11) is 0. The van der Waals surface area contributed by atoms with Crippen LogP contribution >= 0.6 is 0 Å². The van der Waals surface area contributed by atoms with Crippen LogP contribution in [0, 0.1) is 5.82 Å². The number of nitrogens with zero attached hydrogens (tertiary/aromatic N) is 5. The van der Waals surface area contributed by atoms with Gasteiger partial charge >= 0.3 is 0 Å². The Bertz CT molecular complexity index is 1650. The van der Waals surface area contributed by atoms with E-state index in [4.69, 9.17) is 0 Å². The van der Waals surface area contributed by atoms with Gasteiger partial charge in [-0.25, -0.2) is 14.4 Å². The molecule has 4 N–H and O–H groups in total. The van der Waals surface area contributed by atoms with Crippen LogP contribution in [0.1, 0.15) is 0 Å². The van der Waals surface area contributed by atoms with Crippen molar-refractivity contribution in [2.75, 3.05) is 0 Å². The number of pyridine rings is 3. The Hall–Kier alpha value is -4.86. The third-order valence-corrected chi connectivity index (χ3v) is 5.25. The van der Waals surface area contributed by atoms with Crippen LogP contribution < -0.4 is 0 Å². The van der Waals surface area contributed by atoms with Crippen LogP contribution in [-0.4, -0.2) is 45.3 Å². The highest BCUT2D eigenvalue weighted by atomic mass is 19.1. The molecule has 0 aliphatic heterocycles. The van der Waals surface area contributed by atoms with Gasteiger partial charge in [0.25, 0.3) is 0 Å². The van der Waals surface area contributed by atoms with Gasteiger partial charge in [0.2, 0.25) is 0 Å². The lowest BCUT2D eigenvalue weighted by atomic mass is 10.1. The minimum absolute atomic E-state index is 0.0562. The number of rotatable bonds is 3. The summed E-state index contributed by atoms with van der Waals surface area (Å²) in [6.07, 6.45) is 6.24. The minimum atomic E-state index is -0.571. The van der Waals surface area contributed by atoms with Crippen molar-refractivity contribution in [2.24, 2.45) is 0 Å². The summed E-state index contributed by atoms with van der Waals surface area (Å²) in [4.78, 5) is 20.7. The molecule has 0 saturated heterocycles. The van der Waals surface area contributed by atoms with Crippen LogP contribution in [0.2, 0.25) is 0 Å². The maximum Gasteiger partial charge on any atom is 0.159 e.